The third-order valence-corrected chi connectivity index (χ3v) is 6.71. The zero-order valence-corrected chi connectivity index (χ0v) is 18.1. The topological polar surface area (TPSA) is 123 Å². The number of amides is 2. The number of hydrogen-bond donors (Lipinski definition) is 2. The van der Waals surface area contributed by atoms with Gasteiger partial charge in [0.25, 0.3) is 11.8 Å². The zero-order chi connectivity index (χ0) is 19.9. The standard InChI is InChI=1S/C15H15N7O2S4/c1-3-25-14-21-19-12(27-14)17-10(23)8-6-5-7-9(16-8)11(24)18-13-20-22-15(28-13)26-4-2/h5-7H,3-4H2,1-2H3,(H,17,19,23)(H,18,20,24). The number of rotatable bonds is 8. The van der Waals surface area contributed by atoms with Gasteiger partial charge in [0, 0.05) is 0 Å². The van der Waals surface area contributed by atoms with Crippen LogP contribution in [0.15, 0.2) is 26.9 Å². The van der Waals surface area contributed by atoms with Gasteiger partial charge < -0.3 is 0 Å². The molecule has 0 fully saturated rings. The van der Waals surface area contributed by atoms with Crippen molar-refractivity contribution in [2.75, 3.05) is 22.1 Å². The van der Waals surface area contributed by atoms with Crippen LogP contribution < -0.4 is 10.6 Å². The molecule has 0 aliphatic heterocycles. The van der Waals surface area contributed by atoms with E-state index >= 15 is 0 Å². The Hall–Kier alpha value is -2.09. The Morgan fingerprint density at radius 1 is 0.857 bits per heavy atom. The highest BCUT2D eigenvalue weighted by Crippen LogP contribution is 2.26. The molecule has 2 N–H and O–H groups in total. The summed E-state index contributed by atoms with van der Waals surface area (Å²) >= 11 is 5.66. The van der Waals surface area contributed by atoms with Crippen LogP contribution in [0, 0.1) is 0 Å². The fourth-order valence-corrected chi connectivity index (χ4v) is 5.18. The van der Waals surface area contributed by atoms with E-state index in [0.29, 0.717) is 10.3 Å². The molecule has 0 spiro atoms. The lowest BCUT2D eigenvalue weighted by atomic mass is 10.3. The SMILES string of the molecule is CCSc1nnc(NC(=O)c2cccc(C(=O)Nc3nnc(SCC)s3)n2)s1. The average molecular weight is 454 g/mol. The Bertz CT molecular complexity index is 901. The van der Waals surface area contributed by atoms with Crippen molar-refractivity contribution >= 4 is 68.3 Å². The summed E-state index contributed by atoms with van der Waals surface area (Å²) in [5.74, 6) is 0.816. The molecule has 13 heteroatoms. The molecule has 0 radical (unpaired) electrons. The van der Waals surface area contributed by atoms with Gasteiger partial charge in [-0.3, -0.25) is 20.2 Å². The highest BCUT2D eigenvalue weighted by Gasteiger charge is 2.16. The molecule has 3 heterocycles. The molecule has 0 saturated heterocycles. The van der Waals surface area contributed by atoms with Gasteiger partial charge in [0.2, 0.25) is 10.3 Å². The van der Waals surface area contributed by atoms with Crippen LogP contribution in [0.3, 0.4) is 0 Å². The summed E-state index contributed by atoms with van der Waals surface area (Å²) in [6.07, 6.45) is 0. The first-order valence-electron chi connectivity index (χ1n) is 8.11. The van der Waals surface area contributed by atoms with Gasteiger partial charge in [-0.2, -0.15) is 0 Å². The highest BCUT2D eigenvalue weighted by molar-refractivity contribution is 8.01. The van der Waals surface area contributed by atoms with E-state index in [1.54, 1.807) is 29.6 Å². The predicted octanol–water partition coefficient (Wildman–Crippen LogP) is 3.51. The maximum Gasteiger partial charge on any atom is 0.276 e. The Labute approximate surface area is 177 Å². The second-order valence-electron chi connectivity index (χ2n) is 4.93. The maximum absolute atomic E-state index is 12.4. The van der Waals surface area contributed by atoms with E-state index in [9.17, 15) is 9.59 Å². The number of nitrogens with one attached hydrogen (secondary N) is 2. The monoisotopic (exact) mass is 453 g/mol. The third kappa shape index (κ3) is 5.47. The number of pyridine rings is 1. The molecule has 3 rings (SSSR count). The molecular weight excluding hydrogens is 438 g/mol. The van der Waals surface area contributed by atoms with Crippen LogP contribution in [-0.4, -0.2) is 48.7 Å². The van der Waals surface area contributed by atoms with Gasteiger partial charge in [0.05, 0.1) is 0 Å². The van der Waals surface area contributed by atoms with Crippen molar-refractivity contribution in [1.29, 1.82) is 0 Å². The molecule has 0 aromatic carbocycles. The van der Waals surface area contributed by atoms with Crippen molar-refractivity contribution in [3.05, 3.63) is 29.6 Å². The van der Waals surface area contributed by atoms with Crippen LogP contribution in [0.25, 0.3) is 0 Å². The van der Waals surface area contributed by atoms with E-state index in [4.69, 9.17) is 0 Å². The molecule has 9 nitrogen and oxygen atoms in total. The largest absolute Gasteiger partial charge is 0.295 e. The summed E-state index contributed by atoms with van der Waals surface area (Å²) in [6.45, 7) is 4.02. The molecule has 3 aromatic rings. The highest BCUT2D eigenvalue weighted by atomic mass is 32.2. The van der Waals surface area contributed by atoms with Crippen molar-refractivity contribution in [3.8, 4) is 0 Å². The quantitative estimate of drug-likeness (QED) is 0.389. The molecule has 3 aromatic heterocycles. The van der Waals surface area contributed by atoms with E-state index in [1.807, 2.05) is 13.8 Å². The van der Waals surface area contributed by atoms with Gasteiger partial charge >= 0.3 is 0 Å². The van der Waals surface area contributed by atoms with E-state index in [0.717, 1.165) is 20.2 Å². The Morgan fingerprint density at radius 3 is 1.75 bits per heavy atom. The number of anilines is 2. The van der Waals surface area contributed by atoms with Crippen LogP contribution in [0.1, 0.15) is 34.8 Å². The first kappa shape index (κ1) is 20.6. The summed E-state index contributed by atoms with van der Waals surface area (Å²) in [7, 11) is 0. The van der Waals surface area contributed by atoms with Gasteiger partial charge in [-0.15, -0.1) is 20.4 Å². The molecule has 146 valence electrons. The molecule has 0 atom stereocenters. The van der Waals surface area contributed by atoms with Crippen LogP contribution in [-0.2, 0) is 0 Å². The zero-order valence-electron chi connectivity index (χ0n) is 14.8. The van der Waals surface area contributed by atoms with Crippen LogP contribution >= 0.6 is 46.2 Å². The van der Waals surface area contributed by atoms with Crippen molar-refractivity contribution < 1.29 is 9.59 Å². The fraction of sp³-hybridized carbons (Fsp3) is 0.267. The van der Waals surface area contributed by atoms with Crippen molar-refractivity contribution in [1.82, 2.24) is 25.4 Å². The van der Waals surface area contributed by atoms with Crippen LogP contribution in [0.2, 0.25) is 0 Å². The predicted molar refractivity (Wildman–Crippen MR) is 113 cm³/mol. The normalized spacial score (nSPS) is 10.6. The smallest absolute Gasteiger partial charge is 0.276 e. The minimum absolute atomic E-state index is 0.104. The van der Waals surface area contributed by atoms with Gasteiger partial charge in [0.1, 0.15) is 11.4 Å². The number of carbonyl (C=O) groups excluding carboxylic acids is 2. The molecule has 0 aliphatic rings. The minimum atomic E-state index is -0.462. The Balaban J connectivity index is 1.66. The number of aromatic nitrogens is 5. The number of carbonyl (C=O) groups is 2. The number of thioether (sulfide) groups is 2. The fourth-order valence-electron chi connectivity index (χ4n) is 1.89. The van der Waals surface area contributed by atoms with E-state index < -0.39 is 11.8 Å². The molecule has 2 amide bonds. The van der Waals surface area contributed by atoms with Gasteiger partial charge in [-0.05, 0) is 23.6 Å². The van der Waals surface area contributed by atoms with Crippen molar-refractivity contribution in [2.24, 2.45) is 0 Å². The van der Waals surface area contributed by atoms with Crippen molar-refractivity contribution in [3.63, 3.8) is 0 Å². The minimum Gasteiger partial charge on any atom is -0.295 e. The first-order valence-corrected chi connectivity index (χ1v) is 11.7. The summed E-state index contributed by atoms with van der Waals surface area (Å²) in [4.78, 5) is 28.9. The molecular formula is C15H15N7O2S4. The second kappa shape index (κ2) is 9.91. The van der Waals surface area contributed by atoms with Crippen LogP contribution in [0.5, 0.6) is 0 Å². The lowest BCUT2D eigenvalue weighted by molar-refractivity contribution is 0.101. The first-order chi connectivity index (χ1) is 13.6. The number of nitrogens with zero attached hydrogens (tertiary/aromatic N) is 5. The van der Waals surface area contributed by atoms with E-state index in [-0.39, 0.29) is 11.4 Å². The third-order valence-electron chi connectivity index (χ3n) is 3.00. The Morgan fingerprint density at radius 2 is 1.32 bits per heavy atom. The van der Waals surface area contributed by atoms with Gasteiger partial charge in [0.15, 0.2) is 8.68 Å². The Kier molecular flexibility index (Phi) is 7.30. The number of hydrogen-bond acceptors (Lipinski definition) is 11. The molecule has 0 aliphatic carbocycles. The van der Waals surface area contributed by atoms with Crippen molar-refractivity contribution in [2.45, 2.75) is 22.5 Å². The summed E-state index contributed by atoms with van der Waals surface area (Å²) in [6, 6.07) is 4.64. The lowest BCUT2D eigenvalue weighted by Crippen LogP contribution is -2.18. The molecule has 0 bridgehead atoms. The summed E-state index contributed by atoms with van der Waals surface area (Å²) < 4.78 is 1.55. The van der Waals surface area contributed by atoms with Gasteiger partial charge in [-0.25, -0.2) is 4.98 Å². The summed E-state index contributed by atoms with van der Waals surface area (Å²) in [5.41, 5.74) is 0.207. The maximum atomic E-state index is 12.4. The van der Waals surface area contributed by atoms with E-state index in [2.05, 4.69) is 36.0 Å². The molecule has 28 heavy (non-hydrogen) atoms. The second-order valence-corrected chi connectivity index (χ2v) is 9.91. The average Bonchev–Trinajstić information content (AvgIpc) is 3.32. The lowest BCUT2D eigenvalue weighted by Gasteiger charge is -2.04. The molecule has 0 unspecified atom stereocenters. The van der Waals surface area contributed by atoms with Gasteiger partial charge in [-0.1, -0.05) is 66.1 Å². The molecule has 0 saturated carbocycles. The van der Waals surface area contributed by atoms with Crippen LogP contribution in [0.4, 0.5) is 10.3 Å². The van der Waals surface area contributed by atoms with E-state index in [1.165, 1.54) is 34.8 Å². The summed E-state index contributed by atoms with van der Waals surface area (Å²) in [5, 5.41) is 21.9.